The van der Waals surface area contributed by atoms with Gasteiger partial charge in [0.1, 0.15) is 0 Å². The highest BCUT2D eigenvalue weighted by atomic mass is 79.9. The molecule has 1 atom stereocenters. The monoisotopic (exact) mass is 362 g/mol. The Morgan fingerprint density at radius 1 is 1.14 bits per heavy atom. The van der Waals surface area contributed by atoms with Crippen molar-refractivity contribution in [3.63, 3.8) is 0 Å². The Morgan fingerprint density at radius 3 is 2.67 bits per heavy atom. The van der Waals surface area contributed by atoms with Crippen LogP contribution in [0.1, 0.15) is 42.4 Å². The SMILES string of the molecule is OC(CSc1ccccc1Br)c1cccc(C2CCC2)c1. The van der Waals surface area contributed by atoms with Crippen LogP contribution in [-0.2, 0) is 0 Å². The molecule has 1 aliphatic carbocycles. The summed E-state index contributed by atoms with van der Waals surface area (Å²) in [5.74, 6) is 1.39. The van der Waals surface area contributed by atoms with Gasteiger partial charge in [0.2, 0.25) is 0 Å². The number of aliphatic hydroxyl groups excluding tert-OH is 1. The topological polar surface area (TPSA) is 20.2 Å². The van der Waals surface area contributed by atoms with E-state index in [1.165, 1.54) is 29.7 Å². The van der Waals surface area contributed by atoms with E-state index in [-0.39, 0.29) is 0 Å². The molecule has 0 aromatic heterocycles. The van der Waals surface area contributed by atoms with Crippen molar-refractivity contribution in [2.75, 3.05) is 5.75 Å². The average molecular weight is 363 g/mol. The lowest BCUT2D eigenvalue weighted by atomic mass is 9.79. The summed E-state index contributed by atoms with van der Waals surface area (Å²) >= 11 is 5.23. The summed E-state index contributed by atoms with van der Waals surface area (Å²) < 4.78 is 1.09. The van der Waals surface area contributed by atoms with Crippen LogP contribution in [0.4, 0.5) is 0 Å². The van der Waals surface area contributed by atoms with Gasteiger partial charge in [0.15, 0.2) is 0 Å². The van der Waals surface area contributed by atoms with Crippen molar-refractivity contribution in [3.8, 4) is 0 Å². The van der Waals surface area contributed by atoms with Gasteiger partial charge in [-0.2, -0.15) is 0 Å². The molecular formula is C18H19BrOS. The second-order valence-corrected chi connectivity index (χ2v) is 7.47. The van der Waals surface area contributed by atoms with Gasteiger partial charge in [-0.3, -0.25) is 0 Å². The molecule has 3 heteroatoms. The van der Waals surface area contributed by atoms with Crippen molar-refractivity contribution < 1.29 is 5.11 Å². The molecule has 2 aromatic carbocycles. The molecule has 3 rings (SSSR count). The molecule has 0 saturated heterocycles. The van der Waals surface area contributed by atoms with Gasteiger partial charge in [0, 0.05) is 15.1 Å². The fraction of sp³-hybridized carbons (Fsp3) is 0.333. The summed E-state index contributed by atoms with van der Waals surface area (Å²) in [5, 5.41) is 10.4. The normalized spacial score (nSPS) is 16.5. The summed E-state index contributed by atoms with van der Waals surface area (Å²) in [5.41, 5.74) is 2.43. The van der Waals surface area contributed by atoms with Crippen LogP contribution in [0.2, 0.25) is 0 Å². The second-order valence-electron chi connectivity index (χ2n) is 5.56. The Kier molecular flexibility index (Phi) is 5.04. The van der Waals surface area contributed by atoms with E-state index in [0.29, 0.717) is 11.7 Å². The van der Waals surface area contributed by atoms with Gasteiger partial charge in [-0.1, -0.05) is 42.8 Å². The Hall–Kier alpha value is -0.770. The first kappa shape index (κ1) is 15.1. The predicted molar refractivity (Wildman–Crippen MR) is 92.9 cm³/mol. The van der Waals surface area contributed by atoms with Crippen LogP contribution in [-0.4, -0.2) is 10.9 Å². The van der Waals surface area contributed by atoms with Crippen molar-refractivity contribution in [1.29, 1.82) is 0 Å². The number of hydrogen-bond donors (Lipinski definition) is 1. The molecule has 21 heavy (non-hydrogen) atoms. The molecule has 1 aliphatic rings. The standard InChI is InChI=1S/C18H19BrOS/c19-16-9-1-2-10-18(16)21-12-17(20)15-8-4-7-14(11-15)13-5-3-6-13/h1-2,4,7-11,13,17,20H,3,5-6,12H2. The number of hydrogen-bond acceptors (Lipinski definition) is 2. The van der Waals surface area contributed by atoms with Crippen molar-refractivity contribution in [2.45, 2.75) is 36.2 Å². The minimum atomic E-state index is -0.415. The molecular weight excluding hydrogens is 344 g/mol. The highest BCUT2D eigenvalue weighted by Crippen LogP contribution is 2.37. The lowest BCUT2D eigenvalue weighted by molar-refractivity contribution is 0.204. The van der Waals surface area contributed by atoms with E-state index < -0.39 is 6.10 Å². The highest BCUT2D eigenvalue weighted by Gasteiger charge is 2.20. The van der Waals surface area contributed by atoms with Gasteiger partial charge < -0.3 is 5.11 Å². The van der Waals surface area contributed by atoms with E-state index in [1.54, 1.807) is 11.8 Å². The maximum atomic E-state index is 10.4. The third-order valence-electron chi connectivity index (χ3n) is 4.11. The minimum Gasteiger partial charge on any atom is -0.388 e. The van der Waals surface area contributed by atoms with Crippen LogP contribution >= 0.6 is 27.7 Å². The fourth-order valence-electron chi connectivity index (χ4n) is 2.59. The molecule has 1 saturated carbocycles. The molecule has 0 spiro atoms. The fourth-order valence-corrected chi connectivity index (χ4v) is 4.13. The molecule has 0 bridgehead atoms. The zero-order valence-corrected chi connectivity index (χ0v) is 14.2. The highest BCUT2D eigenvalue weighted by molar-refractivity contribution is 9.10. The first-order valence-electron chi connectivity index (χ1n) is 7.39. The van der Waals surface area contributed by atoms with Crippen LogP contribution in [0.5, 0.6) is 0 Å². The molecule has 110 valence electrons. The van der Waals surface area contributed by atoms with Gasteiger partial charge in [-0.15, -0.1) is 11.8 Å². The van der Waals surface area contributed by atoms with E-state index in [4.69, 9.17) is 0 Å². The molecule has 1 nitrogen and oxygen atoms in total. The largest absolute Gasteiger partial charge is 0.388 e. The quantitative estimate of drug-likeness (QED) is 0.704. The van der Waals surface area contributed by atoms with Crippen LogP contribution < -0.4 is 0 Å². The van der Waals surface area contributed by atoms with Crippen molar-refractivity contribution in [3.05, 3.63) is 64.1 Å². The van der Waals surface area contributed by atoms with Gasteiger partial charge in [0.25, 0.3) is 0 Å². The lowest BCUT2D eigenvalue weighted by Gasteiger charge is -2.26. The molecule has 2 aromatic rings. The lowest BCUT2D eigenvalue weighted by Crippen LogP contribution is -2.10. The Labute approximate surface area is 138 Å². The van der Waals surface area contributed by atoms with Gasteiger partial charge >= 0.3 is 0 Å². The van der Waals surface area contributed by atoms with Gasteiger partial charge in [0.05, 0.1) is 6.10 Å². The molecule has 0 radical (unpaired) electrons. The Balaban J connectivity index is 1.65. The van der Waals surface area contributed by atoms with Crippen molar-refractivity contribution in [1.82, 2.24) is 0 Å². The maximum Gasteiger partial charge on any atom is 0.0884 e. The molecule has 1 fully saturated rings. The van der Waals surface area contributed by atoms with Crippen LogP contribution in [0.25, 0.3) is 0 Å². The van der Waals surface area contributed by atoms with E-state index in [0.717, 1.165) is 10.0 Å². The summed E-state index contributed by atoms with van der Waals surface area (Å²) in [6, 6.07) is 16.6. The number of thioether (sulfide) groups is 1. The third-order valence-corrected chi connectivity index (χ3v) is 6.21. The number of aliphatic hydroxyl groups is 1. The van der Waals surface area contributed by atoms with Crippen LogP contribution in [0.3, 0.4) is 0 Å². The van der Waals surface area contributed by atoms with E-state index in [9.17, 15) is 5.11 Å². The number of rotatable bonds is 5. The molecule has 0 heterocycles. The summed E-state index contributed by atoms with van der Waals surface area (Å²) in [6.07, 6.45) is 3.52. The third kappa shape index (κ3) is 3.71. The number of halogens is 1. The summed E-state index contributed by atoms with van der Waals surface area (Å²) in [7, 11) is 0. The summed E-state index contributed by atoms with van der Waals surface area (Å²) in [6.45, 7) is 0. The zero-order valence-electron chi connectivity index (χ0n) is 11.8. The van der Waals surface area contributed by atoms with Gasteiger partial charge in [-0.05, 0) is 57.9 Å². The predicted octanol–water partition coefficient (Wildman–Crippen LogP) is 5.54. The smallest absolute Gasteiger partial charge is 0.0884 e. The van der Waals surface area contributed by atoms with E-state index >= 15 is 0 Å². The zero-order chi connectivity index (χ0) is 14.7. The van der Waals surface area contributed by atoms with Crippen LogP contribution in [0.15, 0.2) is 57.9 Å². The van der Waals surface area contributed by atoms with Gasteiger partial charge in [-0.25, -0.2) is 0 Å². The maximum absolute atomic E-state index is 10.4. The number of benzene rings is 2. The average Bonchev–Trinajstić information content (AvgIpc) is 2.45. The first-order chi connectivity index (χ1) is 10.2. The van der Waals surface area contributed by atoms with E-state index in [1.807, 2.05) is 24.3 Å². The second kappa shape index (κ2) is 6.99. The minimum absolute atomic E-state index is 0.415. The molecule has 1 unspecified atom stereocenters. The van der Waals surface area contributed by atoms with Crippen molar-refractivity contribution in [2.24, 2.45) is 0 Å². The van der Waals surface area contributed by atoms with E-state index in [2.05, 4.69) is 40.2 Å². The molecule has 0 amide bonds. The van der Waals surface area contributed by atoms with Crippen molar-refractivity contribution >= 4 is 27.7 Å². The first-order valence-corrected chi connectivity index (χ1v) is 9.17. The molecule has 1 N–H and O–H groups in total. The molecule has 0 aliphatic heterocycles. The Morgan fingerprint density at radius 2 is 1.95 bits per heavy atom. The summed E-state index contributed by atoms with van der Waals surface area (Å²) in [4.78, 5) is 1.17. The van der Waals surface area contributed by atoms with Crippen LogP contribution in [0, 0.1) is 0 Å². The Bertz CT molecular complexity index is 610.